The number of halogens is 8. The van der Waals surface area contributed by atoms with Crippen LogP contribution in [0.2, 0.25) is 10.0 Å². The number of aromatic nitrogens is 6. The van der Waals surface area contributed by atoms with Crippen LogP contribution in [0.4, 0.5) is 69.6 Å². The van der Waals surface area contributed by atoms with Crippen LogP contribution in [-0.2, 0) is 95.4 Å². The van der Waals surface area contributed by atoms with E-state index in [0.717, 1.165) is 21.8 Å². The number of alkyl halides is 6. The average Bonchev–Trinajstić information content (AvgIpc) is 1.76. The van der Waals surface area contributed by atoms with Crippen molar-refractivity contribution in [1.29, 1.82) is 0 Å². The fourth-order valence-electron chi connectivity index (χ4n) is 14.5. The third-order valence-corrected chi connectivity index (χ3v) is 29.7. The van der Waals surface area contributed by atoms with Gasteiger partial charge in [-0.2, -0.15) is 26.3 Å². The van der Waals surface area contributed by atoms with Crippen molar-refractivity contribution in [1.82, 2.24) is 38.9 Å². The Hall–Kier alpha value is -12.9. The highest BCUT2D eigenvalue weighted by atomic mass is 35.5. The van der Waals surface area contributed by atoms with Crippen molar-refractivity contribution in [3.8, 4) is 11.5 Å². The number of hydrogen-bond acceptors (Lipinski definition) is 25. The van der Waals surface area contributed by atoms with Crippen molar-refractivity contribution in [2.24, 2.45) is 0 Å². The van der Waals surface area contributed by atoms with Crippen LogP contribution in [-0.4, -0.2) is 173 Å². The first-order valence-electron chi connectivity index (χ1n) is 41.1. The zero-order valence-electron chi connectivity index (χ0n) is 71.7. The number of sulfonamides is 3. The van der Waals surface area contributed by atoms with E-state index in [4.69, 9.17) is 38.4 Å². The van der Waals surface area contributed by atoms with E-state index < -0.39 is 88.5 Å². The molecular weight excluding hydrogens is 1990 g/mol. The summed E-state index contributed by atoms with van der Waals surface area (Å²) in [6.07, 6.45) is -1.45. The predicted octanol–water partition coefficient (Wildman–Crippen LogP) is 17.0. The van der Waals surface area contributed by atoms with Gasteiger partial charge in [-0.3, -0.25) is 47.1 Å². The van der Waals surface area contributed by atoms with Gasteiger partial charge < -0.3 is 58.3 Å². The Morgan fingerprint density at radius 1 is 0.504 bits per heavy atom. The minimum absolute atomic E-state index is 0. The maximum Gasteiger partial charge on any atom is 0.416 e. The summed E-state index contributed by atoms with van der Waals surface area (Å²) in [7, 11) is -11.3. The van der Waals surface area contributed by atoms with Crippen LogP contribution in [0.1, 0.15) is 55.0 Å². The fourth-order valence-corrected chi connectivity index (χ4v) is 21.0. The molecule has 4 aliphatic heterocycles. The SMILES string of the molecule is CC(C)c1ccc(OC2CCN(c3ccc(S(=O)(=O)Nc4nccs4)cc3)C2=O)cc1.Nc1nccs1.O=C(Cn1ccc2ccc(Cl)cc21)N1CCN(c2ccc(S(=O)(=O)Nc3nccs3)cc2)C(=O)C1.O=C(Cn1ccc2cccc(Cl)c21)N1CCN(c2ccc(S(=O)(=O)Nc3nccs3)cc2)C(=O)C1.O=C1C(Oc2cc(C(F)(F)F)cc(C(F)(F)F)c2)CCN1c1ccc(S(=O)[O-])cc1.[HH].[HH].[HH].[HH]. The molecule has 14 aromatic rings. The van der Waals surface area contributed by atoms with Crippen molar-refractivity contribution in [2.75, 3.05) is 91.9 Å². The quantitative estimate of drug-likeness (QED) is 0.0341. The number of thiazole rings is 4. The number of nitrogens with two attached hydrogens (primary N) is 1. The second kappa shape index (κ2) is 43.2. The number of nitrogens with zero attached hydrogens (tertiary/aromatic N) is 12. The summed E-state index contributed by atoms with van der Waals surface area (Å²) in [5.74, 6) is -1.25. The normalized spacial score (nSPS) is 15.6. The lowest BCUT2D eigenvalue weighted by Crippen LogP contribution is -2.53. The molecule has 3 atom stereocenters. The lowest BCUT2D eigenvalue weighted by Gasteiger charge is -2.34. The zero-order valence-corrected chi connectivity index (χ0v) is 79.7. The van der Waals surface area contributed by atoms with Crippen molar-refractivity contribution in [3.05, 3.63) is 273 Å². The van der Waals surface area contributed by atoms with Crippen LogP contribution in [0.3, 0.4) is 0 Å². The molecule has 18 rings (SSSR count). The third-order valence-electron chi connectivity index (χ3n) is 21.3. The summed E-state index contributed by atoms with van der Waals surface area (Å²) < 4.78 is 197. The van der Waals surface area contributed by atoms with Gasteiger partial charge in [0.15, 0.2) is 32.7 Å². The van der Waals surface area contributed by atoms with Crippen LogP contribution in [0, 0.1) is 0 Å². The summed E-state index contributed by atoms with van der Waals surface area (Å²) in [4.78, 5) is 102. The summed E-state index contributed by atoms with van der Waals surface area (Å²) in [5.41, 5.74) is 7.05. The molecule has 32 nitrogen and oxygen atoms in total. The van der Waals surface area contributed by atoms with Crippen molar-refractivity contribution in [2.45, 2.75) is 89.8 Å². The number of piperazine rings is 2. The number of anilines is 8. The van der Waals surface area contributed by atoms with Crippen LogP contribution in [0.15, 0.2) is 266 Å². The Labute approximate surface area is 814 Å². The van der Waals surface area contributed by atoms with Gasteiger partial charge in [0.2, 0.25) is 23.6 Å². The topological polar surface area (TPSA) is 406 Å². The highest BCUT2D eigenvalue weighted by molar-refractivity contribution is 7.93. The first-order valence-corrected chi connectivity index (χ1v) is 50.9. The second-order valence-corrected chi connectivity index (χ2v) is 41.1. The van der Waals surface area contributed by atoms with Crippen molar-refractivity contribution in [3.63, 3.8) is 0 Å². The molecule has 724 valence electrons. The Bertz CT molecular complexity index is 7040. The predicted molar refractivity (Wildman–Crippen MR) is 518 cm³/mol. The molecule has 5 N–H and O–H groups in total. The molecule has 4 fully saturated rings. The molecule has 48 heteroatoms. The number of ether oxygens (including phenoxy) is 2. The number of carbonyl (C=O) groups is 6. The number of para-hydroxylation sites is 1. The molecule has 10 heterocycles. The number of nitrogens with one attached hydrogen (secondary N) is 3. The molecule has 8 aromatic carbocycles. The van der Waals surface area contributed by atoms with E-state index in [-0.39, 0.29) is 110 Å². The molecule has 0 spiro atoms. The van der Waals surface area contributed by atoms with Gasteiger partial charge in [0.25, 0.3) is 41.9 Å². The Morgan fingerprint density at radius 2 is 0.920 bits per heavy atom. The highest BCUT2D eigenvalue weighted by Crippen LogP contribution is 2.41. The van der Waals surface area contributed by atoms with Gasteiger partial charge in [-0.05, 0) is 186 Å². The number of amides is 6. The molecule has 3 unspecified atom stereocenters. The lowest BCUT2D eigenvalue weighted by molar-refractivity contribution is -0.143. The van der Waals surface area contributed by atoms with Crippen molar-refractivity contribution >= 4 is 210 Å². The third kappa shape index (κ3) is 25.3. The summed E-state index contributed by atoms with van der Waals surface area (Å²) in [6.45, 7) is 6.29. The summed E-state index contributed by atoms with van der Waals surface area (Å²) in [6, 6.07) is 47.0. The Morgan fingerprint density at radius 3 is 1.32 bits per heavy atom. The van der Waals surface area contributed by atoms with Gasteiger partial charge in [0, 0.05) is 160 Å². The smallest absolute Gasteiger partial charge is 0.416 e. The van der Waals surface area contributed by atoms with E-state index in [1.165, 1.54) is 145 Å². The van der Waals surface area contributed by atoms with E-state index in [2.05, 4.69) is 47.9 Å². The van der Waals surface area contributed by atoms with E-state index in [1.54, 1.807) is 90.1 Å². The number of benzene rings is 8. The maximum atomic E-state index is 13.0. The summed E-state index contributed by atoms with van der Waals surface area (Å²) >= 11 is 14.9. The van der Waals surface area contributed by atoms with Crippen LogP contribution >= 0.6 is 68.5 Å². The monoisotopic (exact) mass is 2080 g/mol. The van der Waals surface area contributed by atoms with Gasteiger partial charge in [-0.25, -0.2) is 45.2 Å². The fraction of sp³-hybridized carbons (Fsp3) is 0.213. The molecule has 0 bridgehead atoms. The number of carbonyl (C=O) groups excluding carboxylic acids is 6. The van der Waals surface area contributed by atoms with Gasteiger partial charge >= 0.3 is 12.4 Å². The molecule has 4 aliphatic rings. The lowest BCUT2D eigenvalue weighted by atomic mass is 10.0. The standard InChI is InChI=1S/2C23H20ClN5O4S2.C22H23N3O4S2.C18H13F6NO4S.C3H4N2S.4H2/c24-17-2-1-16-7-9-27(20(16)13-17)14-21(30)28-10-11-29(22(31)15-28)18-3-5-19(6-4-18)35(32,33)26-23-25-8-12-34-23;24-19-3-1-2-16-8-10-28(22(16)19)14-20(30)27-11-12-29(21(31)15-27)17-4-6-18(7-5-17)35(32,33)26-23-25-9-13-34-23;1-15(2)16-3-7-18(8-4-16)29-20-11-13-25(21(20)26)17-5-9-19(10-6-17)31(27,28)24-22-23-12-14-30-22;19-17(20,21)10-7-11(18(22,23)24)9-13(8-10)29-15-5-6-25(16(15)26)12-1-3-14(4-2-12)30(27)28;4-3-5-1-2-6-3;;;;/h1-9,12-13H,10-11,14-15H2,(H,25,26);1-10,13H,11-12,14-15H2,(H,25,26);3-10,12,14-15,20H,11,13H2,1-2H3,(H,23,24);1-4,7-9,15H,5-6H2,(H,27,28);1-2H,(H2,4,5);4*1H/p-1. The maximum absolute atomic E-state index is 13.0. The molecule has 4 saturated heterocycles. The van der Waals surface area contributed by atoms with E-state index in [0.29, 0.717) is 106 Å². The van der Waals surface area contributed by atoms with Crippen LogP contribution < -0.4 is 49.0 Å². The average molecular weight is 2080 g/mol. The number of nitrogen functional groups attached to an aromatic ring is 1. The summed E-state index contributed by atoms with van der Waals surface area (Å²) in [5, 5.41) is 11.5. The largest absolute Gasteiger partial charge is 0.768 e. The number of hydrogen-bond donors (Lipinski definition) is 4. The molecule has 0 radical (unpaired) electrons. The van der Waals surface area contributed by atoms with Gasteiger partial charge in [0.1, 0.15) is 37.7 Å². The number of fused-ring (bicyclic) bond motifs is 2. The van der Waals surface area contributed by atoms with Crippen LogP contribution in [0.25, 0.3) is 21.8 Å². The van der Waals surface area contributed by atoms with Gasteiger partial charge in [-0.15, -0.1) is 45.3 Å². The minimum atomic E-state index is -5.03. The molecule has 137 heavy (non-hydrogen) atoms. The zero-order chi connectivity index (χ0) is 97.8. The molecule has 6 aromatic heterocycles. The minimum Gasteiger partial charge on any atom is -0.768 e. The highest BCUT2D eigenvalue weighted by Gasteiger charge is 2.41. The van der Waals surface area contributed by atoms with E-state index in [9.17, 15) is 89.1 Å². The Kier molecular flexibility index (Phi) is 31.6. The second-order valence-electron chi connectivity index (χ2n) is 30.6. The molecule has 6 amide bonds. The molecule has 0 aliphatic carbocycles. The van der Waals surface area contributed by atoms with Gasteiger partial charge in [-0.1, -0.05) is 67.4 Å². The van der Waals surface area contributed by atoms with E-state index >= 15 is 0 Å². The first kappa shape index (κ1) is 100. The first-order chi connectivity index (χ1) is 65.2. The Balaban J connectivity index is 0.000000188. The van der Waals surface area contributed by atoms with Crippen molar-refractivity contribution < 1.29 is 104 Å². The molecule has 0 saturated carbocycles. The van der Waals surface area contributed by atoms with Gasteiger partial charge in [0.05, 0.1) is 36.4 Å². The molecular formula is C89H87Cl2F6N16O16S8-. The van der Waals surface area contributed by atoms with Crippen LogP contribution in [0.5, 0.6) is 11.5 Å². The van der Waals surface area contributed by atoms with E-state index in [1.807, 2.05) is 83.0 Å². The number of rotatable bonds is 23.